The smallest absolute Gasteiger partial charge is 0.408 e. The second-order valence-corrected chi connectivity index (χ2v) is 5.79. The van der Waals surface area contributed by atoms with E-state index in [1.54, 1.807) is 0 Å². The second kappa shape index (κ2) is 3.42. The number of rotatable bonds is 1. The summed E-state index contributed by atoms with van der Waals surface area (Å²) in [6.07, 6.45) is 1.08. The van der Waals surface area contributed by atoms with Gasteiger partial charge in [-0.15, -0.1) is 0 Å². The van der Waals surface area contributed by atoms with Crippen molar-refractivity contribution in [2.24, 2.45) is 5.92 Å². The van der Waals surface area contributed by atoms with Crippen LogP contribution in [0, 0.1) is 5.92 Å². The molecule has 0 spiro atoms. The van der Waals surface area contributed by atoms with Gasteiger partial charge in [0, 0.05) is 5.92 Å². The van der Waals surface area contributed by atoms with Gasteiger partial charge in [0.05, 0.1) is 11.6 Å². The number of benzene rings is 2. The Bertz CT molecular complexity index is 889. The molecule has 0 aliphatic heterocycles. The van der Waals surface area contributed by atoms with Crippen LogP contribution in [0.1, 0.15) is 23.1 Å². The van der Waals surface area contributed by atoms with Crippen LogP contribution in [0.2, 0.25) is 0 Å². The molecule has 20 heavy (non-hydrogen) atoms. The zero-order valence-electron chi connectivity index (χ0n) is 10.8. The molecule has 1 unspecified atom stereocenters. The number of aromatic nitrogens is 1. The molecular weight excluding hydrogens is 250 g/mol. The maximum Gasteiger partial charge on any atom is 0.420 e. The fraction of sp³-hybridized carbons (Fsp3) is 0.235. The van der Waals surface area contributed by atoms with Gasteiger partial charge in [-0.25, -0.2) is 4.79 Å². The molecule has 5 rings (SSSR count). The van der Waals surface area contributed by atoms with Crippen LogP contribution in [0.15, 0.2) is 57.7 Å². The van der Waals surface area contributed by atoms with Crippen molar-refractivity contribution in [2.45, 2.75) is 18.4 Å². The molecule has 1 saturated carbocycles. The van der Waals surface area contributed by atoms with Crippen molar-refractivity contribution in [1.82, 2.24) is 4.57 Å². The second-order valence-electron chi connectivity index (χ2n) is 5.79. The summed E-state index contributed by atoms with van der Waals surface area (Å²) >= 11 is 0. The monoisotopic (exact) mass is 263 g/mol. The predicted octanol–water partition coefficient (Wildman–Crippen LogP) is 3.11. The van der Waals surface area contributed by atoms with E-state index < -0.39 is 0 Å². The quantitative estimate of drug-likeness (QED) is 0.676. The van der Waals surface area contributed by atoms with E-state index in [0.29, 0.717) is 17.4 Å². The zero-order valence-corrected chi connectivity index (χ0v) is 10.8. The molecular formula is C17H13NO2. The van der Waals surface area contributed by atoms with Gasteiger partial charge in [-0.05, 0) is 35.6 Å². The van der Waals surface area contributed by atoms with Crippen LogP contribution in [-0.2, 0) is 6.42 Å². The topological polar surface area (TPSA) is 35.1 Å². The molecule has 3 aromatic rings. The summed E-state index contributed by atoms with van der Waals surface area (Å²) in [7, 11) is 0. The molecule has 2 aromatic carbocycles. The van der Waals surface area contributed by atoms with Crippen LogP contribution in [0.3, 0.4) is 0 Å². The Morgan fingerprint density at radius 3 is 2.80 bits per heavy atom. The van der Waals surface area contributed by atoms with Crippen molar-refractivity contribution in [3.8, 4) is 0 Å². The lowest BCUT2D eigenvalue weighted by molar-refractivity contribution is 0.495. The van der Waals surface area contributed by atoms with Crippen molar-refractivity contribution in [1.29, 1.82) is 0 Å². The van der Waals surface area contributed by atoms with Gasteiger partial charge in [0.15, 0.2) is 5.58 Å². The molecule has 3 heteroatoms. The van der Waals surface area contributed by atoms with E-state index in [-0.39, 0.29) is 11.8 Å². The Kier molecular flexibility index (Phi) is 1.80. The van der Waals surface area contributed by atoms with Crippen molar-refractivity contribution in [2.75, 3.05) is 0 Å². The van der Waals surface area contributed by atoms with E-state index in [1.165, 1.54) is 11.1 Å². The molecule has 0 radical (unpaired) electrons. The Morgan fingerprint density at radius 2 is 1.85 bits per heavy atom. The van der Waals surface area contributed by atoms with E-state index in [9.17, 15) is 4.79 Å². The van der Waals surface area contributed by atoms with Crippen molar-refractivity contribution in [3.05, 3.63) is 70.2 Å². The number of para-hydroxylation sites is 2. The highest BCUT2D eigenvalue weighted by Crippen LogP contribution is 2.64. The molecule has 1 aromatic heterocycles. The fourth-order valence-electron chi connectivity index (χ4n) is 3.94. The first-order valence-electron chi connectivity index (χ1n) is 7.02. The maximum absolute atomic E-state index is 12.2. The van der Waals surface area contributed by atoms with Gasteiger partial charge >= 0.3 is 5.76 Å². The molecule has 3 nitrogen and oxygen atoms in total. The average Bonchev–Trinajstić information content (AvgIpc) is 2.88. The van der Waals surface area contributed by atoms with Crippen LogP contribution in [0.25, 0.3) is 11.1 Å². The van der Waals surface area contributed by atoms with Gasteiger partial charge in [-0.2, -0.15) is 0 Å². The van der Waals surface area contributed by atoms with Gasteiger partial charge in [0.2, 0.25) is 0 Å². The van der Waals surface area contributed by atoms with E-state index in [4.69, 9.17) is 4.42 Å². The number of hydrogen-bond acceptors (Lipinski definition) is 2. The van der Waals surface area contributed by atoms with E-state index in [2.05, 4.69) is 24.3 Å². The summed E-state index contributed by atoms with van der Waals surface area (Å²) in [5.41, 5.74) is 4.48. The maximum atomic E-state index is 12.2. The van der Waals surface area contributed by atoms with Crippen molar-refractivity contribution < 1.29 is 4.42 Å². The van der Waals surface area contributed by atoms with Crippen molar-refractivity contribution >= 4 is 11.1 Å². The molecule has 0 bridgehead atoms. The minimum atomic E-state index is -0.219. The Hall–Kier alpha value is -2.29. The van der Waals surface area contributed by atoms with Crippen LogP contribution in [0.4, 0.5) is 0 Å². The lowest BCUT2D eigenvalue weighted by Gasteiger charge is -2.08. The standard InChI is InChI=1S/C17H13NO2/c19-17-18(13-7-3-4-8-14(13)20-17)16-12-9-10-5-1-2-6-11(10)15(12)16/h1-8,12,15-16H,9H2/t12-,15?,16-/m1/s1. The summed E-state index contributed by atoms with van der Waals surface area (Å²) in [5.74, 6) is 0.832. The number of nitrogens with zero attached hydrogens (tertiary/aromatic N) is 1. The highest BCUT2D eigenvalue weighted by Gasteiger charge is 2.57. The SMILES string of the molecule is O=c1oc2ccccc2n1[C@H]1C2c3ccccc3C[C@H]21. The number of fused-ring (bicyclic) bond motifs is 4. The minimum absolute atomic E-state index is 0.219. The summed E-state index contributed by atoms with van der Waals surface area (Å²) in [6.45, 7) is 0. The minimum Gasteiger partial charge on any atom is -0.408 e. The first-order valence-corrected chi connectivity index (χ1v) is 7.02. The molecule has 2 aliphatic rings. The van der Waals surface area contributed by atoms with Crippen LogP contribution >= 0.6 is 0 Å². The fourth-order valence-corrected chi connectivity index (χ4v) is 3.94. The molecule has 98 valence electrons. The lowest BCUT2D eigenvalue weighted by Crippen LogP contribution is -2.15. The summed E-state index contributed by atoms with van der Waals surface area (Å²) < 4.78 is 7.22. The first-order chi connectivity index (χ1) is 9.84. The van der Waals surface area contributed by atoms with Gasteiger partial charge in [-0.1, -0.05) is 36.4 Å². The van der Waals surface area contributed by atoms with Crippen LogP contribution < -0.4 is 5.76 Å². The summed E-state index contributed by atoms with van der Waals surface area (Å²) in [6, 6.07) is 16.6. The van der Waals surface area contributed by atoms with Gasteiger partial charge in [0.1, 0.15) is 0 Å². The lowest BCUT2D eigenvalue weighted by atomic mass is 10.1. The molecule has 2 aliphatic carbocycles. The Labute approximate surface area is 115 Å². The predicted molar refractivity (Wildman–Crippen MR) is 75.9 cm³/mol. The van der Waals surface area contributed by atoms with Crippen molar-refractivity contribution in [3.63, 3.8) is 0 Å². The Morgan fingerprint density at radius 1 is 1.05 bits per heavy atom. The number of oxazole rings is 1. The summed E-state index contributed by atoms with van der Waals surface area (Å²) in [4.78, 5) is 12.2. The largest absolute Gasteiger partial charge is 0.420 e. The summed E-state index contributed by atoms with van der Waals surface area (Å²) in [5, 5.41) is 0. The first kappa shape index (κ1) is 10.5. The molecule has 0 amide bonds. The molecule has 0 N–H and O–H groups in total. The van der Waals surface area contributed by atoms with Gasteiger partial charge in [-0.3, -0.25) is 4.57 Å². The van der Waals surface area contributed by atoms with Crippen LogP contribution in [-0.4, -0.2) is 4.57 Å². The Balaban J connectivity index is 1.67. The molecule has 0 saturated heterocycles. The van der Waals surface area contributed by atoms with Crippen LogP contribution in [0.5, 0.6) is 0 Å². The third-order valence-corrected chi connectivity index (χ3v) is 4.81. The normalized spacial score (nSPS) is 26.5. The molecule has 1 fully saturated rings. The van der Waals surface area contributed by atoms with E-state index in [1.807, 2.05) is 28.8 Å². The van der Waals surface area contributed by atoms with E-state index >= 15 is 0 Å². The zero-order chi connectivity index (χ0) is 13.3. The number of hydrogen-bond donors (Lipinski definition) is 0. The average molecular weight is 263 g/mol. The molecule has 3 atom stereocenters. The van der Waals surface area contributed by atoms with Gasteiger partial charge in [0.25, 0.3) is 0 Å². The highest BCUT2D eigenvalue weighted by molar-refractivity contribution is 5.73. The molecule has 1 heterocycles. The third-order valence-electron chi connectivity index (χ3n) is 4.81. The third kappa shape index (κ3) is 1.18. The van der Waals surface area contributed by atoms with Gasteiger partial charge < -0.3 is 4.42 Å². The van der Waals surface area contributed by atoms with E-state index in [0.717, 1.165) is 11.9 Å². The highest BCUT2D eigenvalue weighted by atomic mass is 16.4.